The maximum Gasteiger partial charge on any atom is 0.270 e. The summed E-state index contributed by atoms with van der Waals surface area (Å²) in [5, 5.41) is 6.39. The number of likely N-dealkylation sites (N-methyl/N-ethyl adjacent to an activating group) is 1. The molecule has 0 spiro atoms. The fraction of sp³-hybridized carbons (Fsp3) is 0.474. The highest BCUT2D eigenvalue weighted by Gasteiger charge is 2.26. The molecule has 26 heavy (non-hydrogen) atoms. The second kappa shape index (κ2) is 7.37. The highest BCUT2D eigenvalue weighted by Crippen LogP contribution is 2.25. The molecule has 1 atom stereocenters. The summed E-state index contributed by atoms with van der Waals surface area (Å²) in [6.07, 6.45) is 6.63. The van der Waals surface area contributed by atoms with Crippen LogP contribution in [0.4, 0.5) is 5.82 Å². The fourth-order valence-electron chi connectivity index (χ4n) is 3.82. The third-order valence-corrected chi connectivity index (χ3v) is 5.21. The van der Waals surface area contributed by atoms with Crippen molar-refractivity contribution < 1.29 is 4.79 Å². The van der Waals surface area contributed by atoms with Gasteiger partial charge in [0.1, 0.15) is 11.5 Å². The van der Waals surface area contributed by atoms with Crippen LogP contribution in [0.15, 0.2) is 24.5 Å². The third-order valence-electron chi connectivity index (χ3n) is 5.21. The van der Waals surface area contributed by atoms with Crippen LogP contribution in [0.25, 0.3) is 11.4 Å². The summed E-state index contributed by atoms with van der Waals surface area (Å²) in [5.41, 5.74) is 2.21. The molecule has 4 rings (SSSR count). The lowest BCUT2D eigenvalue weighted by atomic mass is 10.1. The molecule has 1 amide bonds. The Kier molecular flexibility index (Phi) is 4.79. The molecular weight excluding hydrogens is 328 g/mol. The van der Waals surface area contributed by atoms with Crippen LogP contribution in [0.1, 0.15) is 35.8 Å². The maximum absolute atomic E-state index is 12.3. The normalized spacial score (nSPS) is 19.9. The molecule has 1 saturated heterocycles. The zero-order chi connectivity index (χ0) is 17.9. The molecule has 0 aliphatic carbocycles. The van der Waals surface area contributed by atoms with E-state index in [4.69, 9.17) is 4.98 Å². The van der Waals surface area contributed by atoms with E-state index in [0.29, 0.717) is 24.1 Å². The number of rotatable bonds is 5. The smallest absolute Gasteiger partial charge is 0.270 e. The van der Waals surface area contributed by atoms with Crippen molar-refractivity contribution in [2.75, 3.05) is 31.5 Å². The summed E-state index contributed by atoms with van der Waals surface area (Å²) >= 11 is 0. The molecular formula is C19H24N6O. The zero-order valence-electron chi connectivity index (χ0n) is 15.0. The lowest BCUT2D eigenvalue weighted by Gasteiger charge is -2.25. The van der Waals surface area contributed by atoms with Gasteiger partial charge in [-0.25, -0.2) is 9.97 Å². The Balaban J connectivity index is 1.66. The van der Waals surface area contributed by atoms with Crippen LogP contribution < -0.4 is 10.6 Å². The number of fused-ring (bicyclic) bond motifs is 1. The number of nitrogens with one attached hydrogen (secondary N) is 2. The lowest BCUT2D eigenvalue weighted by molar-refractivity contribution is 0.0940. The summed E-state index contributed by atoms with van der Waals surface area (Å²) in [7, 11) is 0. The number of carbonyl (C=O) groups excluding carboxylic acids is 1. The Labute approximate surface area is 153 Å². The second-order valence-electron chi connectivity index (χ2n) is 6.78. The van der Waals surface area contributed by atoms with Crippen LogP contribution in [0.3, 0.4) is 0 Å². The molecule has 2 aliphatic rings. The predicted octanol–water partition coefficient (Wildman–Crippen LogP) is 1.72. The van der Waals surface area contributed by atoms with Crippen molar-refractivity contribution in [3.8, 4) is 11.4 Å². The van der Waals surface area contributed by atoms with E-state index in [-0.39, 0.29) is 5.91 Å². The molecule has 7 nitrogen and oxygen atoms in total. The number of hydrogen-bond acceptors (Lipinski definition) is 6. The minimum Gasteiger partial charge on any atom is -0.368 e. The second-order valence-corrected chi connectivity index (χ2v) is 6.78. The molecule has 0 aromatic carbocycles. The predicted molar refractivity (Wildman–Crippen MR) is 100 cm³/mol. The summed E-state index contributed by atoms with van der Waals surface area (Å²) in [4.78, 5) is 28.2. The molecule has 4 heterocycles. The molecule has 2 aromatic heterocycles. The van der Waals surface area contributed by atoms with E-state index in [1.54, 1.807) is 12.4 Å². The lowest BCUT2D eigenvalue weighted by Crippen LogP contribution is -2.36. The van der Waals surface area contributed by atoms with Crippen LogP contribution in [0, 0.1) is 0 Å². The fourth-order valence-corrected chi connectivity index (χ4v) is 3.82. The number of amides is 1. The van der Waals surface area contributed by atoms with Gasteiger partial charge in [-0.15, -0.1) is 0 Å². The maximum atomic E-state index is 12.3. The molecule has 1 unspecified atom stereocenters. The number of aromatic nitrogens is 3. The van der Waals surface area contributed by atoms with E-state index < -0.39 is 0 Å². The van der Waals surface area contributed by atoms with E-state index in [1.165, 1.54) is 12.8 Å². The SMILES string of the molecule is CCN1CCCC1CNc1nc(-c2cccnc2)nc2c1CCNC2=O. The van der Waals surface area contributed by atoms with Crippen molar-refractivity contribution in [2.24, 2.45) is 0 Å². The molecule has 2 aromatic rings. The molecule has 2 aliphatic heterocycles. The Morgan fingerprint density at radius 3 is 3.12 bits per heavy atom. The highest BCUT2D eigenvalue weighted by molar-refractivity contribution is 5.96. The topological polar surface area (TPSA) is 83.0 Å². The Morgan fingerprint density at radius 2 is 2.31 bits per heavy atom. The number of nitrogens with zero attached hydrogens (tertiary/aromatic N) is 4. The Morgan fingerprint density at radius 1 is 1.38 bits per heavy atom. The molecule has 0 bridgehead atoms. The quantitative estimate of drug-likeness (QED) is 0.853. The van der Waals surface area contributed by atoms with Crippen LogP contribution in [0.5, 0.6) is 0 Å². The van der Waals surface area contributed by atoms with E-state index in [9.17, 15) is 4.79 Å². The van der Waals surface area contributed by atoms with Crippen molar-refractivity contribution >= 4 is 11.7 Å². The van der Waals surface area contributed by atoms with Gasteiger partial charge >= 0.3 is 0 Å². The summed E-state index contributed by atoms with van der Waals surface area (Å²) < 4.78 is 0. The van der Waals surface area contributed by atoms with Crippen molar-refractivity contribution in [1.82, 2.24) is 25.2 Å². The van der Waals surface area contributed by atoms with E-state index in [0.717, 1.165) is 43.0 Å². The van der Waals surface area contributed by atoms with Crippen molar-refractivity contribution in [2.45, 2.75) is 32.2 Å². The average molecular weight is 352 g/mol. The van der Waals surface area contributed by atoms with Gasteiger partial charge in [0.15, 0.2) is 5.82 Å². The Hall–Kier alpha value is -2.54. The minimum absolute atomic E-state index is 0.127. The number of hydrogen-bond donors (Lipinski definition) is 2. The Bertz CT molecular complexity index is 794. The highest BCUT2D eigenvalue weighted by atomic mass is 16.1. The largest absolute Gasteiger partial charge is 0.368 e. The van der Waals surface area contributed by atoms with E-state index in [1.807, 2.05) is 12.1 Å². The third kappa shape index (κ3) is 3.26. The van der Waals surface area contributed by atoms with Crippen molar-refractivity contribution in [3.63, 3.8) is 0 Å². The molecule has 0 radical (unpaired) electrons. The summed E-state index contributed by atoms with van der Waals surface area (Å²) in [6, 6.07) is 4.28. The summed E-state index contributed by atoms with van der Waals surface area (Å²) in [5.74, 6) is 1.19. The molecule has 0 saturated carbocycles. The van der Waals surface area contributed by atoms with Gasteiger partial charge in [-0.1, -0.05) is 6.92 Å². The van der Waals surface area contributed by atoms with Crippen LogP contribution in [0.2, 0.25) is 0 Å². The van der Waals surface area contributed by atoms with Gasteiger partial charge in [-0.2, -0.15) is 0 Å². The molecule has 7 heteroatoms. The van der Waals surface area contributed by atoms with Crippen molar-refractivity contribution in [3.05, 3.63) is 35.8 Å². The van der Waals surface area contributed by atoms with Gasteiger partial charge < -0.3 is 10.6 Å². The van der Waals surface area contributed by atoms with Crippen molar-refractivity contribution in [1.29, 1.82) is 0 Å². The van der Waals surface area contributed by atoms with Gasteiger partial charge in [0, 0.05) is 42.7 Å². The minimum atomic E-state index is -0.127. The van der Waals surface area contributed by atoms with Crippen LogP contribution in [-0.2, 0) is 6.42 Å². The van der Waals surface area contributed by atoms with E-state index in [2.05, 4.69) is 32.4 Å². The summed E-state index contributed by atoms with van der Waals surface area (Å²) in [6.45, 7) is 5.90. The van der Waals surface area contributed by atoms with Crippen LogP contribution >= 0.6 is 0 Å². The van der Waals surface area contributed by atoms with Gasteiger partial charge in [-0.05, 0) is 44.5 Å². The van der Waals surface area contributed by atoms with Gasteiger partial charge in [0.2, 0.25) is 0 Å². The number of carbonyl (C=O) groups is 1. The molecule has 136 valence electrons. The average Bonchev–Trinajstić information content (AvgIpc) is 3.15. The van der Waals surface area contributed by atoms with Crippen LogP contribution in [-0.4, -0.2) is 58.0 Å². The van der Waals surface area contributed by atoms with Gasteiger partial charge in [-0.3, -0.25) is 14.7 Å². The first kappa shape index (κ1) is 16.9. The first-order valence-electron chi connectivity index (χ1n) is 9.33. The standard InChI is InChI=1S/C19H24N6O/c1-2-25-10-4-6-14(25)12-22-18-15-7-9-21-19(26)16(15)23-17(24-18)13-5-3-8-20-11-13/h3,5,8,11,14H,2,4,6-7,9-10,12H2,1H3,(H,21,26)(H,22,23,24). The number of pyridine rings is 1. The first-order chi connectivity index (χ1) is 12.8. The molecule has 2 N–H and O–H groups in total. The first-order valence-corrected chi connectivity index (χ1v) is 9.33. The number of likely N-dealkylation sites (tertiary alicyclic amines) is 1. The molecule has 1 fully saturated rings. The zero-order valence-corrected chi connectivity index (χ0v) is 15.0. The van der Waals surface area contributed by atoms with Gasteiger partial charge in [0.25, 0.3) is 5.91 Å². The van der Waals surface area contributed by atoms with E-state index >= 15 is 0 Å². The number of anilines is 1. The van der Waals surface area contributed by atoms with Gasteiger partial charge in [0.05, 0.1) is 0 Å². The monoisotopic (exact) mass is 352 g/mol.